The molecule has 0 bridgehead atoms. The molecular weight excluding hydrogens is 190 g/mol. The first-order valence-corrected chi connectivity index (χ1v) is 4.99. The standard InChI is InChI=1S/C12H17NO2/c1-9-6-4-5-7-11(9)10(2)13-12(14)8-15-3/h4-7,10H,8H2,1-3H3,(H,13,14)/t10-/m0/s1. The van der Waals surface area contributed by atoms with Crippen molar-refractivity contribution in [3.05, 3.63) is 35.4 Å². The zero-order valence-corrected chi connectivity index (χ0v) is 9.41. The Morgan fingerprint density at radius 2 is 2.13 bits per heavy atom. The smallest absolute Gasteiger partial charge is 0.246 e. The van der Waals surface area contributed by atoms with E-state index in [1.54, 1.807) is 0 Å². The average molecular weight is 207 g/mol. The van der Waals surface area contributed by atoms with E-state index in [1.165, 1.54) is 12.7 Å². The molecule has 1 aromatic rings. The van der Waals surface area contributed by atoms with Crippen LogP contribution in [0, 0.1) is 6.92 Å². The second kappa shape index (κ2) is 5.51. The lowest BCUT2D eigenvalue weighted by Gasteiger charge is -2.16. The minimum Gasteiger partial charge on any atom is -0.375 e. The molecule has 15 heavy (non-hydrogen) atoms. The minimum absolute atomic E-state index is 0.0221. The molecule has 0 spiro atoms. The van der Waals surface area contributed by atoms with Gasteiger partial charge < -0.3 is 10.1 Å². The molecule has 0 saturated heterocycles. The average Bonchev–Trinajstić information content (AvgIpc) is 2.18. The van der Waals surface area contributed by atoms with Gasteiger partial charge in [-0.15, -0.1) is 0 Å². The van der Waals surface area contributed by atoms with Crippen LogP contribution in [0.25, 0.3) is 0 Å². The molecule has 1 atom stereocenters. The fourth-order valence-corrected chi connectivity index (χ4v) is 1.56. The molecule has 1 rings (SSSR count). The number of carbonyl (C=O) groups excluding carboxylic acids is 1. The van der Waals surface area contributed by atoms with Crippen LogP contribution >= 0.6 is 0 Å². The third-order valence-electron chi connectivity index (χ3n) is 2.31. The summed E-state index contributed by atoms with van der Waals surface area (Å²) < 4.78 is 4.76. The summed E-state index contributed by atoms with van der Waals surface area (Å²) in [5.41, 5.74) is 2.32. The van der Waals surface area contributed by atoms with E-state index in [1.807, 2.05) is 38.1 Å². The molecule has 1 N–H and O–H groups in total. The summed E-state index contributed by atoms with van der Waals surface area (Å²) in [4.78, 5) is 11.3. The van der Waals surface area contributed by atoms with Gasteiger partial charge >= 0.3 is 0 Å². The van der Waals surface area contributed by atoms with E-state index in [-0.39, 0.29) is 18.6 Å². The van der Waals surface area contributed by atoms with Crippen LogP contribution in [0.5, 0.6) is 0 Å². The van der Waals surface area contributed by atoms with Gasteiger partial charge in [0.05, 0.1) is 6.04 Å². The first kappa shape index (κ1) is 11.7. The fraction of sp³-hybridized carbons (Fsp3) is 0.417. The topological polar surface area (TPSA) is 38.3 Å². The van der Waals surface area contributed by atoms with Crippen molar-refractivity contribution in [3.63, 3.8) is 0 Å². The summed E-state index contributed by atoms with van der Waals surface area (Å²) in [6.45, 7) is 4.11. The Hall–Kier alpha value is -1.35. The van der Waals surface area contributed by atoms with Crippen LogP contribution < -0.4 is 5.32 Å². The molecule has 0 aliphatic carbocycles. The van der Waals surface area contributed by atoms with Crippen molar-refractivity contribution in [1.29, 1.82) is 0 Å². The van der Waals surface area contributed by atoms with Gasteiger partial charge in [-0.2, -0.15) is 0 Å². The molecule has 3 heteroatoms. The number of aryl methyl sites for hydroxylation is 1. The molecule has 0 fully saturated rings. The van der Waals surface area contributed by atoms with Crippen molar-refractivity contribution in [3.8, 4) is 0 Å². The molecule has 1 amide bonds. The zero-order chi connectivity index (χ0) is 11.3. The second-order valence-corrected chi connectivity index (χ2v) is 3.58. The quantitative estimate of drug-likeness (QED) is 0.817. The molecule has 1 aromatic carbocycles. The monoisotopic (exact) mass is 207 g/mol. The van der Waals surface area contributed by atoms with Gasteiger partial charge in [0.25, 0.3) is 0 Å². The van der Waals surface area contributed by atoms with Gasteiger partial charge in [-0.3, -0.25) is 4.79 Å². The van der Waals surface area contributed by atoms with E-state index < -0.39 is 0 Å². The normalized spacial score (nSPS) is 12.2. The summed E-state index contributed by atoms with van der Waals surface area (Å²) in [6.07, 6.45) is 0. The van der Waals surface area contributed by atoms with E-state index in [9.17, 15) is 4.79 Å². The van der Waals surface area contributed by atoms with Gasteiger partial charge in [0, 0.05) is 7.11 Å². The highest BCUT2D eigenvalue weighted by molar-refractivity contribution is 5.77. The highest BCUT2D eigenvalue weighted by Gasteiger charge is 2.10. The Morgan fingerprint density at radius 3 is 2.73 bits per heavy atom. The number of ether oxygens (including phenoxy) is 1. The molecule has 0 saturated carbocycles. The first-order chi connectivity index (χ1) is 7.15. The number of carbonyl (C=O) groups is 1. The third-order valence-corrected chi connectivity index (χ3v) is 2.31. The number of amides is 1. The molecule has 0 unspecified atom stereocenters. The van der Waals surface area contributed by atoms with Crippen molar-refractivity contribution in [2.45, 2.75) is 19.9 Å². The van der Waals surface area contributed by atoms with Crippen molar-refractivity contribution in [2.75, 3.05) is 13.7 Å². The minimum atomic E-state index is -0.0896. The van der Waals surface area contributed by atoms with Gasteiger partial charge in [0.2, 0.25) is 5.91 Å². The Labute approximate surface area is 90.4 Å². The van der Waals surface area contributed by atoms with Gasteiger partial charge in [-0.05, 0) is 25.0 Å². The van der Waals surface area contributed by atoms with Crippen LogP contribution in [0.4, 0.5) is 0 Å². The Balaban J connectivity index is 2.65. The highest BCUT2D eigenvalue weighted by Crippen LogP contribution is 2.16. The lowest BCUT2D eigenvalue weighted by atomic mass is 10.0. The molecule has 0 radical (unpaired) electrons. The molecule has 3 nitrogen and oxygen atoms in total. The van der Waals surface area contributed by atoms with Crippen LogP contribution in [0.3, 0.4) is 0 Å². The summed E-state index contributed by atoms with van der Waals surface area (Å²) >= 11 is 0. The molecule has 0 heterocycles. The number of methoxy groups -OCH3 is 1. The van der Waals surface area contributed by atoms with Crippen LogP contribution in [0.1, 0.15) is 24.1 Å². The van der Waals surface area contributed by atoms with Crippen LogP contribution in [-0.2, 0) is 9.53 Å². The summed E-state index contributed by atoms with van der Waals surface area (Å²) in [5, 5.41) is 2.87. The Bertz CT molecular complexity index is 336. The molecule has 82 valence electrons. The molecule has 0 aliphatic heterocycles. The van der Waals surface area contributed by atoms with Gasteiger partial charge in [-0.1, -0.05) is 24.3 Å². The van der Waals surface area contributed by atoms with Crippen molar-refractivity contribution < 1.29 is 9.53 Å². The Morgan fingerprint density at radius 1 is 1.47 bits per heavy atom. The largest absolute Gasteiger partial charge is 0.375 e. The Kier molecular flexibility index (Phi) is 4.31. The zero-order valence-electron chi connectivity index (χ0n) is 9.41. The highest BCUT2D eigenvalue weighted by atomic mass is 16.5. The van der Waals surface area contributed by atoms with Crippen molar-refractivity contribution in [1.82, 2.24) is 5.32 Å². The van der Waals surface area contributed by atoms with Gasteiger partial charge in [-0.25, -0.2) is 0 Å². The van der Waals surface area contributed by atoms with E-state index in [2.05, 4.69) is 5.32 Å². The summed E-state index contributed by atoms with van der Waals surface area (Å²) in [5.74, 6) is -0.0896. The van der Waals surface area contributed by atoms with Crippen molar-refractivity contribution >= 4 is 5.91 Å². The van der Waals surface area contributed by atoms with Crippen molar-refractivity contribution in [2.24, 2.45) is 0 Å². The number of rotatable bonds is 4. The predicted molar refractivity (Wildman–Crippen MR) is 59.6 cm³/mol. The van der Waals surface area contributed by atoms with Gasteiger partial charge in [0.15, 0.2) is 0 Å². The van der Waals surface area contributed by atoms with Crippen LogP contribution in [0.2, 0.25) is 0 Å². The lowest BCUT2D eigenvalue weighted by Crippen LogP contribution is -2.30. The van der Waals surface area contributed by atoms with E-state index >= 15 is 0 Å². The number of nitrogens with one attached hydrogen (secondary N) is 1. The third kappa shape index (κ3) is 3.36. The molecule has 0 aliphatic rings. The maximum absolute atomic E-state index is 11.3. The van der Waals surface area contributed by atoms with E-state index in [0.29, 0.717) is 0 Å². The molecular formula is C12H17NO2. The lowest BCUT2D eigenvalue weighted by molar-refractivity contribution is -0.125. The maximum Gasteiger partial charge on any atom is 0.246 e. The fourth-order valence-electron chi connectivity index (χ4n) is 1.56. The second-order valence-electron chi connectivity index (χ2n) is 3.58. The first-order valence-electron chi connectivity index (χ1n) is 4.99. The number of hydrogen-bond donors (Lipinski definition) is 1. The number of benzene rings is 1. The number of hydrogen-bond acceptors (Lipinski definition) is 2. The SMILES string of the molecule is COCC(=O)N[C@@H](C)c1ccccc1C. The van der Waals surface area contributed by atoms with E-state index in [4.69, 9.17) is 4.74 Å². The van der Waals surface area contributed by atoms with Gasteiger partial charge in [0.1, 0.15) is 6.61 Å². The van der Waals surface area contributed by atoms with Crippen LogP contribution in [0.15, 0.2) is 24.3 Å². The predicted octanol–water partition coefficient (Wildman–Crippen LogP) is 1.82. The molecule has 0 aromatic heterocycles. The van der Waals surface area contributed by atoms with Crippen LogP contribution in [-0.4, -0.2) is 19.6 Å². The van der Waals surface area contributed by atoms with E-state index in [0.717, 1.165) is 5.56 Å². The summed E-state index contributed by atoms with van der Waals surface area (Å²) in [7, 11) is 1.51. The maximum atomic E-state index is 11.3. The summed E-state index contributed by atoms with van der Waals surface area (Å²) in [6, 6.07) is 8.04.